The Balaban J connectivity index is 0.000000165. The Kier molecular flexibility index (Phi) is 11.6. The molecular weight excluding hydrogens is 783 g/mol. The van der Waals surface area contributed by atoms with Gasteiger partial charge in [-0.1, -0.05) is 23.2 Å². The van der Waals surface area contributed by atoms with Crippen LogP contribution in [-0.4, -0.2) is 121 Å². The summed E-state index contributed by atoms with van der Waals surface area (Å²) in [7, 11) is 2.16. The summed E-state index contributed by atoms with van der Waals surface area (Å²) < 4.78 is 3.58. The van der Waals surface area contributed by atoms with Crippen LogP contribution in [0.15, 0.2) is 86.0 Å². The first kappa shape index (κ1) is 38.5. The smallest absolute Gasteiger partial charge is 0.236 e. The molecule has 2 aromatic carbocycles. The van der Waals surface area contributed by atoms with Crippen LogP contribution in [0.5, 0.6) is 0 Å². The first-order chi connectivity index (χ1) is 28.3. The Hall–Kier alpha value is -6.38. The van der Waals surface area contributed by atoms with E-state index in [2.05, 4.69) is 78.0 Å². The Bertz CT molecular complexity index is 2610. The van der Waals surface area contributed by atoms with Crippen LogP contribution in [0.25, 0.3) is 21.8 Å². The molecule has 6 aromatic heterocycles. The second kappa shape index (κ2) is 17.4. The highest BCUT2D eigenvalue weighted by atomic mass is 35.5. The minimum Gasteiger partial charge on any atom is -0.394 e. The lowest BCUT2D eigenvalue weighted by molar-refractivity contribution is 0.149. The van der Waals surface area contributed by atoms with E-state index in [1.165, 1.54) is 12.4 Å². The molecule has 0 unspecified atom stereocenters. The number of benzene rings is 2. The number of anilines is 8. The summed E-state index contributed by atoms with van der Waals surface area (Å²) in [5, 5.41) is 40.6. The highest BCUT2D eigenvalue weighted by Crippen LogP contribution is 2.34. The zero-order chi connectivity index (χ0) is 40.0. The summed E-state index contributed by atoms with van der Waals surface area (Å²) in [5.74, 6) is 1.52. The largest absolute Gasteiger partial charge is 0.394 e. The maximum Gasteiger partial charge on any atom is 0.236 e. The van der Waals surface area contributed by atoms with Crippen LogP contribution < -0.4 is 21.3 Å². The van der Waals surface area contributed by atoms with Gasteiger partial charge in [0, 0.05) is 61.6 Å². The number of aliphatic hydroxyl groups excluding tert-OH is 1. The summed E-state index contributed by atoms with van der Waals surface area (Å²) in [6.45, 7) is 6.58. The fraction of sp³-hybridized carbons (Fsp3) is 0.243. The van der Waals surface area contributed by atoms with E-state index in [9.17, 15) is 0 Å². The van der Waals surface area contributed by atoms with Gasteiger partial charge in [-0.15, -0.1) is 0 Å². The summed E-state index contributed by atoms with van der Waals surface area (Å²) in [4.78, 5) is 24.2. The number of halogens is 2. The third-order valence-electron chi connectivity index (χ3n) is 9.43. The van der Waals surface area contributed by atoms with Crippen LogP contribution in [-0.2, 0) is 13.1 Å². The molecule has 0 spiro atoms. The Morgan fingerprint density at radius 3 is 2.24 bits per heavy atom. The average Bonchev–Trinajstić information content (AvgIpc) is 4.07. The van der Waals surface area contributed by atoms with Crippen LogP contribution in [0.4, 0.5) is 46.3 Å². The minimum atomic E-state index is 0.0215. The number of nitrogens with one attached hydrogen (secondary N) is 4. The number of H-pyrrole nitrogens is 2. The topological polar surface area (TPSA) is 225 Å². The predicted molar refractivity (Wildman–Crippen MR) is 225 cm³/mol. The second-order valence-electron chi connectivity index (χ2n) is 13.5. The molecule has 7 heterocycles. The van der Waals surface area contributed by atoms with Crippen LogP contribution in [0.3, 0.4) is 0 Å². The molecule has 7 N–H and O–H groups in total. The molecule has 0 saturated carbocycles. The number of hydrogen-bond donors (Lipinski definition) is 6. The van der Waals surface area contributed by atoms with Crippen molar-refractivity contribution in [3.05, 3.63) is 96.0 Å². The summed E-state index contributed by atoms with van der Waals surface area (Å²) in [5.41, 5.74) is 11.1. The predicted octanol–water partition coefficient (Wildman–Crippen LogP) is 5.18. The molecule has 1 aliphatic rings. The molecular formula is C37H40Cl2N18O. The van der Waals surface area contributed by atoms with E-state index in [0.717, 1.165) is 78.1 Å². The number of nitrogens with two attached hydrogens (primary N) is 1. The van der Waals surface area contributed by atoms with Crippen molar-refractivity contribution >= 4 is 91.3 Å². The average molecular weight is 824 g/mol. The Labute approximate surface area is 341 Å². The van der Waals surface area contributed by atoms with Crippen molar-refractivity contribution < 1.29 is 5.11 Å². The minimum absolute atomic E-state index is 0.0215. The van der Waals surface area contributed by atoms with Crippen LogP contribution in [0, 0.1) is 0 Å². The molecule has 8 aromatic rings. The van der Waals surface area contributed by atoms with Gasteiger partial charge in [-0.05, 0) is 43.4 Å². The number of aromatic amines is 2. The van der Waals surface area contributed by atoms with E-state index in [0.29, 0.717) is 40.0 Å². The Morgan fingerprint density at radius 1 is 0.741 bits per heavy atom. The number of piperazine rings is 1. The van der Waals surface area contributed by atoms with E-state index in [-0.39, 0.29) is 12.4 Å². The second-order valence-corrected chi connectivity index (χ2v) is 14.3. The first-order valence-electron chi connectivity index (χ1n) is 18.4. The number of likely N-dealkylation sites (N-methyl/N-ethyl adjacent to an activating group) is 1. The van der Waals surface area contributed by atoms with Crippen molar-refractivity contribution in [1.82, 2.24) is 69.7 Å². The van der Waals surface area contributed by atoms with Crippen molar-refractivity contribution in [3.8, 4) is 0 Å². The first-order valence-corrected chi connectivity index (χ1v) is 19.1. The van der Waals surface area contributed by atoms with Gasteiger partial charge in [0.1, 0.15) is 15.9 Å². The molecule has 0 amide bonds. The molecule has 0 radical (unpaired) electrons. The Morgan fingerprint density at radius 2 is 1.47 bits per heavy atom. The van der Waals surface area contributed by atoms with Crippen LogP contribution in [0.1, 0.15) is 0 Å². The van der Waals surface area contributed by atoms with Gasteiger partial charge in [-0.3, -0.25) is 29.4 Å². The SMILES string of the molecule is CN1CCN(CCn2cc(N(c3ccc4[nH]ncc4c3)c3ncc(Cl)c(N)n3)cn2)CC1.OCCn1cc(Nc2ncc(Cl)c(Nc3ccc4[nH]ncc4c3)n2)cn1. The van der Waals surface area contributed by atoms with Gasteiger partial charge in [0.05, 0.1) is 85.0 Å². The molecule has 1 aliphatic heterocycles. The fourth-order valence-electron chi connectivity index (χ4n) is 6.29. The molecule has 21 heteroatoms. The van der Waals surface area contributed by atoms with Gasteiger partial charge in [-0.25, -0.2) is 9.97 Å². The third-order valence-corrected chi connectivity index (χ3v) is 9.99. The van der Waals surface area contributed by atoms with Crippen molar-refractivity contribution in [1.29, 1.82) is 0 Å². The van der Waals surface area contributed by atoms with Gasteiger partial charge in [-0.2, -0.15) is 30.4 Å². The van der Waals surface area contributed by atoms with Crippen LogP contribution >= 0.6 is 23.2 Å². The van der Waals surface area contributed by atoms with E-state index in [4.69, 9.17) is 34.0 Å². The number of fused-ring (bicyclic) bond motifs is 2. The molecule has 0 bridgehead atoms. The normalized spacial score (nSPS) is 13.4. The number of hydrogen-bond acceptors (Lipinski definition) is 15. The number of aromatic nitrogens is 12. The molecule has 0 aliphatic carbocycles. The maximum atomic E-state index is 8.94. The molecule has 1 fully saturated rings. The molecule has 19 nitrogen and oxygen atoms in total. The molecule has 0 atom stereocenters. The molecule has 1 saturated heterocycles. The fourth-order valence-corrected chi connectivity index (χ4v) is 6.52. The summed E-state index contributed by atoms with van der Waals surface area (Å²) in [6, 6.07) is 11.8. The van der Waals surface area contributed by atoms with E-state index < -0.39 is 0 Å². The van der Waals surface area contributed by atoms with Crippen molar-refractivity contribution in [2.45, 2.75) is 13.1 Å². The van der Waals surface area contributed by atoms with Gasteiger partial charge in [0.25, 0.3) is 0 Å². The molecule has 298 valence electrons. The number of rotatable bonds is 12. The van der Waals surface area contributed by atoms with E-state index in [1.54, 1.807) is 29.5 Å². The van der Waals surface area contributed by atoms with Crippen molar-refractivity contribution in [2.24, 2.45) is 0 Å². The summed E-state index contributed by atoms with van der Waals surface area (Å²) in [6.07, 6.45) is 13.8. The zero-order valence-electron chi connectivity index (χ0n) is 31.3. The summed E-state index contributed by atoms with van der Waals surface area (Å²) >= 11 is 12.3. The lowest BCUT2D eigenvalue weighted by atomic mass is 10.2. The highest BCUT2D eigenvalue weighted by Gasteiger charge is 2.20. The maximum absolute atomic E-state index is 8.94. The number of aliphatic hydroxyl groups is 1. The third kappa shape index (κ3) is 9.09. The van der Waals surface area contributed by atoms with Gasteiger partial charge in [0.15, 0.2) is 5.82 Å². The quantitative estimate of drug-likeness (QED) is 0.0934. The van der Waals surface area contributed by atoms with Crippen molar-refractivity contribution in [3.63, 3.8) is 0 Å². The van der Waals surface area contributed by atoms with E-state index in [1.807, 2.05) is 58.4 Å². The lowest BCUT2D eigenvalue weighted by Crippen LogP contribution is -2.45. The molecule has 9 rings (SSSR count). The zero-order valence-corrected chi connectivity index (χ0v) is 32.8. The monoisotopic (exact) mass is 822 g/mol. The van der Waals surface area contributed by atoms with Gasteiger partial charge < -0.3 is 26.4 Å². The standard InChI is InChI=1S/C21H25ClN10.C16H15ClN8O/c1-29-4-6-30(7-5-29)8-9-31-14-17(12-26-31)32(21-24-13-18(22)20(23)27-21)16-2-3-19-15(10-16)11-25-28-19;17-13-8-18-16(22-12-7-20-25(9-12)3-4-26)23-15(13)21-11-1-2-14-10(5-11)6-19-24-14/h2-3,10-14H,4-9H2,1H3,(H,25,28)(H2,23,24,27);1-2,5-9,26H,3-4H2,(H,19,24)(H2,18,21,22,23). The number of nitrogen functional groups attached to an aromatic ring is 1. The van der Waals surface area contributed by atoms with Crippen molar-refractivity contribution in [2.75, 3.05) is 67.6 Å². The number of nitrogens with zero attached hydrogens (tertiary/aromatic N) is 13. The lowest BCUT2D eigenvalue weighted by Gasteiger charge is -2.32. The van der Waals surface area contributed by atoms with Crippen LogP contribution in [0.2, 0.25) is 10.0 Å². The van der Waals surface area contributed by atoms with Gasteiger partial charge >= 0.3 is 0 Å². The van der Waals surface area contributed by atoms with Gasteiger partial charge in [0.2, 0.25) is 11.9 Å². The molecule has 58 heavy (non-hydrogen) atoms. The van der Waals surface area contributed by atoms with E-state index >= 15 is 0 Å². The highest BCUT2D eigenvalue weighted by molar-refractivity contribution is 6.33.